The highest BCUT2D eigenvalue weighted by molar-refractivity contribution is 5.83. The number of H-pyrrole nitrogens is 1. The average molecular weight is 461 g/mol. The zero-order valence-electron chi connectivity index (χ0n) is 18.4. The summed E-state index contributed by atoms with van der Waals surface area (Å²) in [6.45, 7) is 3.03. The van der Waals surface area contributed by atoms with Crippen LogP contribution in [0.5, 0.6) is 0 Å². The molecule has 6 rings (SSSR count). The first-order valence-electron chi connectivity index (χ1n) is 11.3. The number of morpholine rings is 1. The molecule has 2 fully saturated rings. The van der Waals surface area contributed by atoms with Gasteiger partial charge in [-0.15, -0.1) is 0 Å². The number of aromatic amines is 1. The molecule has 4 aromatic heterocycles. The number of ether oxygens (including phenoxy) is 1. The molecule has 1 saturated heterocycles. The number of hydrogen-bond acceptors (Lipinski definition) is 11. The highest BCUT2D eigenvalue weighted by Crippen LogP contribution is 2.41. The normalized spacial score (nSPS) is 16.1. The zero-order valence-corrected chi connectivity index (χ0v) is 18.4. The molecule has 0 atom stereocenters. The molecule has 0 spiro atoms. The second kappa shape index (κ2) is 8.71. The van der Waals surface area contributed by atoms with Gasteiger partial charge >= 0.3 is 0 Å². The minimum Gasteiger partial charge on any atom is -0.383 e. The highest BCUT2D eigenvalue weighted by atomic mass is 16.5. The van der Waals surface area contributed by atoms with E-state index in [0.29, 0.717) is 67.7 Å². The Morgan fingerprint density at radius 2 is 2.00 bits per heavy atom. The molecule has 5 heterocycles. The first kappa shape index (κ1) is 20.5. The van der Waals surface area contributed by atoms with Crippen molar-refractivity contribution in [2.45, 2.75) is 25.3 Å². The van der Waals surface area contributed by atoms with Crippen molar-refractivity contribution in [2.75, 3.05) is 42.3 Å². The first-order chi connectivity index (χ1) is 16.7. The van der Waals surface area contributed by atoms with E-state index in [2.05, 4.69) is 46.6 Å². The van der Waals surface area contributed by atoms with Gasteiger partial charge in [-0.1, -0.05) is 5.16 Å². The van der Waals surface area contributed by atoms with E-state index >= 15 is 0 Å². The second-order valence-electron chi connectivity index (χ2n) is 8.34. The molecule has 1 saturated carbocycles. The van der Waals surface area contributed by atoms with Crippen molar-refractivity contribution in [3.8, 4) is 22.6 Å². The average Bonchev–Trinajstić information content (AvgIpc) is 3.42. The van der Waals surface area contributed by atoms with Crippen LogP contribution < -0.4 is 16.0 Å². The SMILES string of the molecule is Nc1nc(NCc2cc(-c3ccncn3)no2)nc(N2CCOCC2)c1-c1cc(C2CC2)[nH]n1. The molecule has 2 aliphatic rings. The van der Waals surface area contributed by atoms with Crippen molar-refractivity contribution >= 4 is 17.6 Å². The largest absolute Gasteiger partial charge is 0.383 e. The lowest BCUT2D eigenvalue weighted by Crippen LogP contribution is -2.37. The van der Waals surface area contributed by atoms with Crippen LogP contribution in [-0.2, 0) is 11.3 Å². The number of nitrogens with one attached hydrogen (secondary N) is 2. The van der Waals surface area contributed by atoms with E-state index in [9.17, 15) is 0 Å². The molecule has 1 aliphatic carbocycles. The van der Waals surface area contributed by atoms with Gasteiger partial charge in [0.2, 0.25) is 5.95 Å². The minimum absolute atomic E-state index is 0.341. The van der Waals surface area contributed by atoms with Crippen molar-refractivity contribution in [2.24, 2.45) is 0 Å². The zero-order chi connectivity index (χ0) is 22.9. The molecule has 0 amide bonds. The van der Waals surface area contributed by atoms with Gasteiger partial charge in [-0.25, -0.2) is 9.97 Å². The Morgan fingerprint density at radius 1 is 1.12 bits per heavy atom. The summed E-state index contributed by atoms with van der Waals surface area (Å²) >= 11 is 0. The summed E-state index contributed by atoms with van der Waals surface area (Å²) in [7, 11) is 0. The molecule has 12 heteroatoms. The third kappa shape index (κ3) is 4.15. The molecule has 4 N–H and O–H groups in total. The van der Waals surface area contributed by atoms with Crippen LogP contribution in [0.25, 0.3) is 22.6 Å². The highest BCUT2D eigenvalue weighted by Gasteiger charge is 2.28. The third-order valence-electron chi connectivity index (χ3n) is 5.92. The maximum Gasteiger partial charge on any atom is 0.227 e. The van der Waals surface area contributed by atoms with Gasteiger partial charge in [0.05, 0.1) is 36.7 Å². The Hall–Kier alpha value is -4.06. The van der Waals surface area contributed by atoms with E-state index in [-0.39, 0.29) is 0 Å². The molecular formula is C22H24N10O2. The van der Waals surface area contributed by atoms with Gasteiger partial charge in [-0.2, -0.15) is 15.1 Å². The van der Waals surface area contributed by atoms with Crippen molar-refractivity contribution in [3.05, 3.63) is 42.2 Å². The van der Waals surface area contributed by atoms with Gasteiger partial charge in [0, 0.05) is 37.0 Å². The fraction of sp³-hybridized carbons (Fsp3) is 0.364. The van der Waals surface area contributed by atoms with E-state index in [0.717, 1.165) is 22.8 Å². The number of nitrogens with zero attached hydrogens (tertiary/aromatic N) is 7. The summed E-state index contributed by atoms with van der Waals surface area (Å²) in [6, 6.07) is 5.65. The van der Waals surface area contributed by atoms with Gasteiger partial charge in [0.25, 0.3) is 0 Å². The lowest BCUT2D eigenvalue weighted by molar-refractivity contribution is 0.122. The van der Waals surface area contributed by atoms with Crippen LogP contribution >= 0.6 is 0 Å². The molecule has 4 aromatic rings. The van der Waals surface area contributed by atoms with Crippen LogP contribution in [0.2, 0.25) is 0 Å². The quantitative estimate of drug-likeness (QED) is 0.371. The van der Waals surface area contributed by atoms with Gasteiger partial charge < -0.3 is 25.2 Å². The summed E-state index contributed by atoms with van der Waals surface area (Å²) in [5, 5.41) is 15.0. The van der Waals surface area contributed by atoms with Crippen LogP contribution in [-0.4, -0.2) is 61.6 Å². The number of nitrogens with two attached hydrogens (primary N) is 1. The van der Waals surface area contributed by atoms with E-state index in [1.807, 2.05) is 6.07 Å². The summed E-state index contributed by atoms with van der Waals surface area (Å²) in [4.78, 5) is 19.6. The molecule has 174 valence electrons. The van der Waals surface area contributed by atoms with Crippen LogP contribution in [0.1, 0.15) is 30.2 Å². The number of rotatable bonds is 7. The summed E-state index contributed by atoms with van der Waals surface area (Å²) in [5.74, 6) is 2.69. The summed E-state index contributed by atoms with van der Waals surface area (Å²) < 4.78 is 11.0. The lowest BCUT2D eigenvalue weighted by atomic mass is 10.1. The van der Waals surface area contributed by atoms with Crippen molar-refractivity contribution < 1.29 is 9.26 Å². The van der Waals surface area contributed by atoms with Gasteiger partial charge in [-0.05, 0) is 25.0 Å². The molecular weight excluding hydrogens is 436 g/mol. The van der Waals surface area contributed by atoms with Crippen molar-refractivity contribution in [3.63, 3.8) is 0 Å². The third-order valence-corrected chi connectivity index (χ3v) is 5.92. The van der Waals surface area contributed by atoms with E-state index in [1.54, 1.807) is 12.3 Å². The molecule has 12 nitrogen and oxygen atoms in total. The van der Waals surface area contributed by atoms with Gasteiger partial charge in [0.15, 0.2) is 5.76 Å². The monoisotopic (exact) mass is 460 g/mol. The van der Waals surface area contributed by atoms with Gasteiger partial charge in [-0.3, -0.25) is 5.10 Å². The predicted octanol–water partition coefficient (Wildman–Crippen LogP) is 2.22. The van der Waals surface area contributed by atoms with E-state index in [4.69, 9.17) is 20.0 Å². The summed E-state index contributed by atoms with van der Waals surface area (Å²) in [6.07, 6.45) is 5.51. The van der Waals surface area contributed by atoms with Crippen LogP contribution in [0.3, 0.4) is 0 Å². The number of hydrogen-bond donors (Lipinski definition) is 3. The Kier molecular flexibility index (Phi) is 5.26. The molecule has 0 radical (unpaired) electrons. The maximum atomic E-state index is 6.46. The number of anilines is 3. The maximum absolute atomic E-state index is 6.46. The smallest absolute Gasteiger partial charge is 0.227 e. The number of aromatic nitrogens is 7. The van der Waals surface area contributed by atoms with Gasteiger partial charge in [0.1, 0.15) is 23.7 Å². The number of nitrogen functional groups attached to an aromatic ring is 1. The molecule has 34 heavy (non-hydrogen) atoms. The fourth-order valence-corrected chi connectivity index (χ4v) is 3.99. The Bertz CT molecular complexity index is 1280. The van der Waals surface area contributed by atoms with E-state index in [1.165, 1.54) is 19.2 Å². The molecule has 0 unspecified atom stereocenters. The second-order valence-corrected chi connectivity index (χ2v) is 8.34. The minimum atomic E-state index is 0.341. The summed E-state index contributed by atoms with van der Waals surface area (Å²) in [5.41, 5.74) is 10.4. The molecule has 0 aromatic carbocycles. The Morgan fingerprint density at radius 3 is 2.79 bits per heavy atom. The Labute approximate surface area is 195 Å². The Balaban J connectivity index is 1.27. The van der Waals surface area contributed by atoms with Crippen molar-refractivity contribution in [1.82, 2.24) is 35.3 Å². The van der Waals surface area contributed by atoms with Crippen LogP contribution in [0.4, 0.5) is 17.6 Å². The van der Waals surface area contributed by atoms with Crippen LogP contribution in [0.15, 0.2) is 35.2 Å². The first-order valence-corrected chi connectivity index (χ1v) is 11.3. The van der Waals surface area contributed by atoms with Crippen LogP contribution in [0, 0.1) is 0 Å². The molecule has 1 aliphatic heterocycles. The van der Waals surface area contributed by atoms with Crippen molar-refractivity contribution in [1.29, 1.82) is 0 Å². The fourth-order valence-electron chi connectivity index (χ4n) is 3.99. The molecule has 0 bridgehead atoms. The standard InChI is InChI=1S/C22H24N10O2/c23-20-19(18-10-16(29-30-18)13-1-2-13)21(32-5-7-33-8-6-32)28-22(27-20)25-11-14-9-17(31-34-14)15-3-4-24-12-26-15/h3-4,9-10,12-13H,1-2,5-8,11H2,(H,29,30)(H3,23,25,27,28). The lowest BCUT2D eigenvalue weighted by Gasteiger charge is -2.29. The van der Waals surface area contributed by atoms with E-state index < -0.39 is 0 Å². The predicted molar refractivity (Wildman–Crippen MR) is 124 cm³/mol. The topological polar surface area (TPSA) is 157 Å².